The van der Waals surface area contributed by atoms with Crippen molar-refractivity contribution in [2.24, 2.45) is 11.5 Å². The number of amidine groups is 2. The highest BCUT2D eigenvalue weighted by Crippen LogP contribution is 2.23. The topological polar surface area (TPSA) is 99.7 Å². The van der Waals surface area contributed by atoms with Gasteiger partial charge in [0.05, 0.1) is 11.7 Å². The van der Waals surface area contributed by atoms with E-state index in [9.17, 15) is 0 Å². The van der Waals surface area contributed by atoms with Crippen LogP contribution < -0.4 is 11.5 Å². The first-order valence-electron chi connectivity index (χ1n) is 4.53. The van der Waals surface area contributed by atoms with Gasteiger partial charge in [-0.1, -0.05) is 21.6 Å². The summed E-state index contributed by atoms with van der Waals surface area (Å²) in [4.78, 5) is 0. The average Bonchev–Trinajstić information content (AvgIpc) is 2.08. The van der Waals surface area contributed by atoms with Crippen LogP contribution in [0.1, 0.15) is 25.7 Å². The van der Waals surface area contributed by atoms with Gasteiger partial charge in [0.15, 0.2) is 0 Å². The molecule has 0 unspecified atom stereocenters. The maximum atomic E-state index is 7.01. The van der Waals surface area contributed by atoms with Crippen molar-refractivity contribution < 1.29 is 0 Å². The second-order valence-corrected chi connectivity index (χ2v) is 5.60. The molecule has 0 aromatic heterocycles. The monoisotopic (exact) mass is 234 g/mol. The number of hydrogen-bond donors (Lipinski definition) is 4. The Morgan fingerprint density at radius 1 is 0.857 bits per heavy atom. The van der Waals surface area contributed by atoms with Gasteiger partial charge in [0.25, 0.3) is 0 Å². The molecular formula is C8H18N4S2. The van der Waals surface area contributed by atoms with Gasteiger partial charge >= 0.3 is 0 Å². The summed E-state index contributed by atoms with van der Waals surface area (Å²) in [6, 6.07) is 0. The molecule has 0 aliphatic heterocycles. The summed E-state index contributed by atoms with van der Waals surface area (Å²) in [5.41, 5.74) is 10.4. The summed E-state index contributed by atoms with van der Waals surface area (Å²) >= 11 is 0. The Balaban J connectivity index is 2.99. The highest BCUT2D eigenvalue weighted by molar-refractivity contribution is 8.76. The van der Waals surface area contributed by atoms with E-state index in [1.165, 1.54) is 0 Å². The molecule has 0 atom stereocenters. The first-order valence-corrected chi connectivity index (χ1v) is 7.02. The highest BCUT2D eigenvalue weighted by Gasteiger charge is 1.94. The summed E-state index contributed by atoms with van der Waals surface area (Å²) in [7, 11) is 3.60. The van der Waals surface area contributed by atoms with E-state index in [4.69, 9.17) is 22.3 Å². The molecule has 0 bridgehead atoms. The van der Waals surface area contributed by atoms with Crippen molar-refractivity contribution in [2.45, 2.75) is 25.7 Å². The van der Waals surface area contributed by atoms with Gasteiger partial charge in [-0.05, 0) is 12.8 Å². The molecule has 0 fully saturated rings. The summed E-state index contributed by atoms with van der Waals surface area (Å²) in [5.74, 6) is 2.61. The predicted octanol–water partition coefficient (Wildman–Crippen LogP) is 1.80. The quantitative estimate of drug-likeness (QED) is 0.211. The van der Waals surface area contributed by atoms with Crippen LogP contribution in [-0.2, 0) is 0 Å². The van der Waals surface area contributed by atoms with Crippen molar-refractivity contribution in [3.8, 4) is 0 Å². The van der Waals surface area contributed by atoms with E-state index in [1.807, 2.05) is 0 Å². The zero-order chi connectivity index (χ0) is 10.8. The molecule has 6 N–H and O–H groups in total. The largest absolute Gasteiger partial charge is 0.388 e. The van der Waals surface area contributed by atoms with Gasteiger partial charge in [0, 0.05) is 24.3 Å². The zero-order valence-electron chi connectivity index (χ0n) is 8.21. The lowest BCUT2D eigenvalue weighted by Gasteiger charge is -2.00. The molecule has 14 heavy (non-hydrogen) atoms. The number of hydrogen-bond acceptors (Lipinski definition) is 4. The molecule has 4 nitrogen and oxygen atoms in total. The van der Waals surface area contributed by atoms with Crippen molar-refractivity contribution >= 4 is 33.3 Å². The lowest BCUT2D eigenvalue weighted by atomic mass is 10.3. The zero-order valence-corrected chi connectivity index (χ0v) is 9.85. The van der Waals surface area contributed by atoms with Crippen LogP contribution in [0.2, 0.25) is 0 Å². The first-order chi connectivity index (χ1) is 6.63. The molecule has 0 aromatic carbocycles. The van der Waals surface area contributed by atoms with Crippen molar-refractivity contribution in [1.29, 1.82) is 10.8 Å². The molecule has 0 saturated carbocycles. The average molecular weight is 234 g/mol. The van der Waals surface area contributed by atoms with Crippen LogP contribution >= 0.6 is 21.6 Å². The molecule has 0 amide bonds. The smallest absolute Gasteiger partial charge is 0.0905 e. The number of nitrogens with one attached hydrogen (secondary N) is 2. The van der Waals surface area contributed by atoms with Crippen LogP contribution in [0.15, 0.2) is 0 Å². The SMILES string of the molecule is N=C(N)CCCSSCCCC(=N)N. The van der Waals surface area contributed by atoms with E-state index in [2.05, 4.69) is 0 Å². The Hall–Kier alpha value is -0.360. The van der Waals surface area contributed by atoms with Gasteiger partial charge in [-0.2, -0.15) is 0 Å². The number of nitrogens with two attached hydrogens (primary N) is 2. The summed E-state index contributed by atoms with van der Waals surface area (Å²) < 4.78 is 0. The predicted molar refractivity (Wildman–Crippen MR) is 67.2 cm³/mol. The third kappa shape index (κ3) is 11.6. The Morgan fingerprint density at radius 3 is 1.50 bits per heavy atom. The van der Waals surface area contributed by atoms with E-state index in [-0.39, 0.29) is 11.7 Å². The molecule has 82 valence electrons. The second-order valence-electron chi connectivity index (χ2n) is 2.90. The van der Waals surface area contributed by atoms with E-state index in [1.54, 1.807) is 21.6 Å². The standard InChI is InChI=1S/C8H18N4S2/c9-7(10)3-1-5-13-14-6-2-4-8(11)12/h1-6H2,(H3,9,10)(H3,11,12). The van der Waals surface area contributed by atoms with Crippen LogP contribution in [-0.4, -0.2) is 23.2 Å². The molecule has 0 rings (SSSR count). The minimum absolute atomic E-state index is 0.271. The fraction of sp³-hybridized carbons (Fsp3) is 0.750. The maximum Gasteiger partial charge on any atom is 0.0905 e. The maximum absolute atomic E-state index is 7.01. The third-order valence-corrected chi connectivity index (χ3v) is 4.01. The summed E-state index contributed by atoms with van der Waals surface area (Å²) in [6.07, 6.45) is 3.33. The molecule has 0 aliphatic rings. The Kier molecular flexibility index (Phi) is 8.97. The van der Waals surface area contributed by atoms with E-state index in [0.717, 1.165) is 24.3 Å². The summed E-state index contributed by atoms with van der Waals surface area (Å²) in [6.45, 7) is 0. The van der Waals surface area contributed by atoms with Crippen LogP contribution in [0, 0.1) is 10.8 Å². The van der Waals surface area contributed by atoms with E-state index in [0.29, 0.717) is 12.8 Å². The second kappa shape index (κ2) is 9.21. The lowest BCUT2D eigenvalue weighted by Crippen LogP contribution is -2.09. The van der Waals surface area contributed by atoms with Crippen LogP contribution in [0.25, 0.3) is 0 Å². The van der Waals surface area contributed by atoms with Gasteiger partial charge in [-0.25, -0.2) is 0 Å². The van der Waals surface area contributed by atoms with Gasteiger partial charge < -0.3 is 11.5 Å². The van der Waals surface area contributed by atoms with Gasteiger partial charge in [-0.15, -0.1) is 0 Å². The Morgan fingerprint density at radius 2 is 1.21 bits per heavy atom. The molecule has 0 aromatic rings. The minimum atomic E-state index is 0.271. The molecule has 0 saturated heterocycles. The van der Waals surface area contributed by atoms with Crippen LogP contribution in [0.3, 0.4) is 0 Å². The normalized spacial score (nSPS) is 10.0. The lowest BCUT2D eigenvalue weighted by molar-refractivity contribution is 0.988. The third-order valence-electron chi connectivity index (χ3n) is 1.43. The van der Waals surface area contributed by atoms with Gasteiger partial charge in [-0.3, -0.25) is 10.8 Å². The van der Waals surface area contributed by atoms with Crippen LogP contribution in [0.4, 0.5) is 0 Å². The molecule has 0 aliphatic carbocycles. The number of rotatable bonds is 9. The molecule has 0 spiro atoms. The molecule has 0 radical (unpaired) electrons. The van der Waals surface area contributed by atoms with E-state index >= 15 is 0 Å². The van der Waals surface area contributed by atoms with Gasteiger partial charge in [0.2, 0.25) is 0 Å². The molecule has 0 heterocycles. The highest BCUT2D eigenvalue weighted by atomic mass is 33.1. The Bertz CT molecular complexity index is 164. The Labute approximate surface area is 93.0 Å². The van der Waals surface area contributed by atoms with Crippen molar-refractivity contribution in [2.75, 3.05) is 11.5 Å². The van der Waals surface area contributed by atoms with Crippen molar-refractivity contribution in [3.63, 3.8) is 0 Å². The first kappa shape index (κ1) is 13.6. The van der Waals surface area contributed by atoms with Crippen molar-refractivity contribution in [1.82, 2.24) is 0 Å². The fourth-order valence-corrected chi connectivity index (χ4v) is 2.94. The van der Waals surface area contributed by atoms with Crippen molar-refractivity contribution in [3.05, 3.63) is 0 Å². The van der Waals surface area contributed by atoms with Crippen LogP contribution in [0.5, 0.6) is 0 Å². The molecule has 6 heteroatoms. The molecular weight excluding hydrogens is 216 g/mol. The fourth-order valence-electron chi connectivity index (χ4n) is 0.761. The minimum Gasteiger partial charge on any atom is -0.388 e. The summed E-state index contributed by atoms with van der Waals surface area (Å²) in [5, 5.41) is 14.0. The van der Waals surface area contributed by atoms with E-state index < -0.39 is 0 Å². The van der Waals surface area contributed by atoms with Gasteiger partial charge in [0.1, 0.15) is 0 Å².